The molecule has 0 heterocycles. The first-order valence-electron chi connectivity index (χ1n) is 3.63. The third kappa shape index (κ3) is 2.85. The van der Waals surface area contributed by atoms with Crippen LogP contribution < -0.4 is 0 Å². The lowest BCUT2D eigenvalue weighted by atomic mass is 10.1. The Bertz CT molecular complexity index is 536. The van der Waals surface area contributed by atoms with Crippen LogP contribution >= 0.6 is 38.2 Å². The SMILES string of the molecule is N#Cc1cc(S(=O)(=O)Cl)c(Br)cc1CCl. The van der Waals surface area contributed by atoms with Gasteiger partial charge in [0, 0.05) is 21.0 Å². The number of benzene rings is 1. The van der Waals surface area contributed by atoms with E-state index in [2.05, 4.69) is 15.9 Å². The standard InChI is InChI=1S/C8H4BrCl2NO2S/c9-7-1-5(3-10)6(4-12)2-8(7)15(11,13)14/h1-2H,3H2. The minimum Gasteiger partial charge on any atom is -0.207 e. The molecule has 0 atom stereocenters. The predicted octanol–water partition coefficient (Wildman–Crippen LogP) is 2.99. The van der Waals surface area contributed by atoms with Crippen molar-refractivity contribution >= 4 is 47.3 Å². The summed E-state index contributed by atoms with van der Waals surface area (Å²) in [6.45, 7) is 0. The Morgan fingerprint density at radius 2 is 2.07 bits per heavy atom. The second kappa shape index (κ2) is 4.71. The van der Waals surface area contributed by atoms with E-state index in [1.807, 2.05) is 6.07 Å². The molecular formula is C8H4BrCl2NO2S. The minimum absolute atomic E-state index is 0.129. The summed E-state index contributed by atoms with van der Waals surface area (Å²) < 4.78 is 22.5. The molecule has 3 nitrogen and oxygen atoms in total. The van der Waals surface area contributed by atoms with E-state index in [1.165, 1.54) is 12.1 Å². The van der Waals surface area contributed by atoms with Crippen LogP contribution in [0.2, 0.25) is 0 Å². The highest BCUT2D eigenvalue weighted by Gasteiger charge is 2.17. The molecule has 0 saturated heterocycles. The first-order chi connectivity index (χ1) is 6.90. The zero-order chi connectivity index (χ0) is 11.6. The van der Waals surface area contributed by atoms with Gasteiger partial charge in [0.25, 0.3) is 9.05 Å². The Kier molecular flexibility index (Phi) is 4.01. The Morgan fingerprint density at radius 1 is 1.47 bits per heavy atom. The van der Waals surface area contributed by atoms with Crippen LogP contribution in [0.4, 0.5) is 0 Å². The summed E-state index contributed by atoms with van der Waals surface area (Å²) in [5.74, 6) is 0.129. The fourth-order valence-corrected chi connectivity index (χ4v) is 3.46. The molecule has 0 aliphatic rings. The third-order valence-electron chi connectivity index (χ3n) is 1.68. The van der Waals surface area contributed by atoms with E-state index in [1.54, 1.807) is 0 Å². The van der Waals surface area contributed by atoms with Crippen molar-refractivity contribution in [1.82, 2.24) is 0 Å². The predicted molar refractivity (Wildman–Crippen MR) is 61.5 cm³/mol. The van der Waals surface area contributed by atoms with E-state index in [0.29, 0.717) is 10.0 Å². The molecule has 0 bridgehead atoms. The number of rotatable bonds is 2. The molecule has 0 unspecified atom stereocenters. The number of hydrogen-bond acceptors (Lipinski definition) is 3. The van der Waals surface area contributed by atoms with E-state index in [4.69, 9.17) is 27.5 Å². The Balaban J connectivity index is 3.55. The second-order valence-electron chi connectivity index (χ2n) is 2.62. The fraction of sp³-hybridized carbons (Fsp3) is 0.125. The van der Waals surface area contributed by atoms with Crippen LogP contribution in [-0.2, 0) is 14.9 Å². The van der Waals surface area contributed by atoms with Crippen molar-refractivity contribution in [2.24, 2.45) is 0 Å². The van der Waals surface area contributed by atoms with Crippen molar-refractivity contribution in [3.8, 4) is 6.07 Å². The Labute approximate surface area is 105 Å². The molecule has 0 radical (unpaired) electrons. The van der Waals surface area contributed by atoms with Crippen molar-refractivity contribution < 1.29 is 8.42 Å². The number of hydrogen-bond donors (Lipinski definition) is 0. The monoisotopic (exact) mass is 327 g/mol. The summed E-state index contributed by atoms with van der Waals surface area (Å²) in [5.41, 5.74) is 0.752. The highest BCUT2D eigenvalue weighted by molar-refractivity contribution is 9.10. The number of halogens is 3. The van der Waals surface area contributed by atoms with Gasteiger partial charge in [-0.1, -0.05) is 0 Å². The van der Waals surface area contributed by atoms with Gasteiger partial charge in [0.2, 0.25) is 0 Å². The number of nitriles is 1. The maximum atomic E-state index is 11.1. The van der Waals surface area contributed by atoms with Gasteiger partial charge in [0.15, 0.2) is 0 Å². The summed E-state index contributed by atoms with van der Waals surface area (Å²) in [4.78, 5) is -0.130. The lowest BCUT2D eigenvalue weighted by molar-refractivity contribution is 0.609. The van der Waals surface area contributed by atoms with Gasteiger partial charge in [-0.15, -0.1) is 11.6 Å². The first-order valence-corrected chi connectivity index (χ1v) is 7.27. The van der Waals surface area contributed by atoms with Gasteiger partial charge in [-0.25, -0.2) is 8.42 Å². The first kappa shape index (κ1) is 12.8. The van der Waals surface area contributed by atoms with Gasteiger partial charge < -0.3 is 0 Å². The summed E-state index contributed by atoms with van der Waals surface area (Å²) >= 11 is 8.65. The van der Waals surface area contributed by atoms with E-state index in [0.717, 1.165) is 0 Å². The van der Waals surface area contributed by atoms with Crippen molar-refractivity contribution in [1.29, 1.82) is 5.26 Å². The molecule has 0 N–H and O–H groups in total. The topological polar surface area (TPSA) is 57.9 Å². The van der Waals surface area contributed by atoms with E-state index >= 15 is 0 Å². The largest absolute Gasteiger partial charge is 0.262 e. The quantitative estimate of drug-likeness (QED) is 0.619. The molecule has 0 amide bonds. The molecule has 0 aromatic heterocycles. The van der Waals surface area contributed by atoms with Crippen LogP contribution in [0, 0.1) is 11.3 Å². The van der Waals surface area contributed by atoms with Gasteiger partial charge in [-0.3, -0.25) is 0 Å². The molecule has 15 heavy (non-hydrogen) atoms. The summed E-state index contributed by atoms with van der Waals surface area (Å²) in [6.07, 6.45) is 0. The highest BCUT2D eigenvalue weighted by atomic mass is 79.9. The molecule has 1 aromatic rings. The summed E-state index contributed by atoms with van der Waals surface area (Å²) in [6, 6.07) is 4.53. The normalized spacial score (nSPS) is 11.1. The molecular weight excluding hydrogens is 325 g/mol. The van der Waals surface area contributed by atoms with Crippen LogP contribution in [-0.4, -0.2) is 8.42 Å². The van der Waals surface area contributed by atoms with Crippen molar-refractivity contribution in [3.05, 3.63) is 27.7 Å². The van der Waals surface area contributed by atoms with Crippen molar-refractivity contribution in [2.75, 3.05) is 0 Å². The molecule has 1 rings (SSSR count). The maximum absolute atomic E-state index is 11.1. The fourth-order valence-electron chi connectivity index (χ4n) is 0.996. The summed E-state index contributed by atoms with van der Waals surface area (Å²) in [7, 11) is 1.33. The average Bonchev–Trinajstić information content (AvgIpc) is 2.15. The molecule has 0 fully saturated rings. The molecule has 80 valence electrons. The molecule has 0 aliphatic carbocycles. The van der Waals surface area contributed by atoms with Crippen molar-refractivity contribution in [2.45, 2.75) is 10.8 Å². The Morgan fingerprint density at radius 3 is 2.47 bits per heavy atom. The van der Waals surface area contributed by atoms with Gasteiger partial charge in [0.1, 0.15) is 0 Å². The van der Waals surface area contributed by atoms with Crippen LogP contribution in [0.15, 0.2) is 21.5 Å². The molecule has 7 heteroatoms. The maximum Gasteiger partial charge on any atom is 0.262 e. The third-order valence-corrected chi connectivity index (χ3v) is 4.25. The second-order valence-corrected chi connectivity index (χ2v) is 6.28. The van der Waals surface area contributed by atoms with E-state index < -0.39 is 9.05 Å². The van der Waals surface area contributed by atoms with E-state index in [9.17, 15) is 8.42 Å². The lowest BCUT2D eigenvalue weighted by Gasteiger charge is -2.04. The number of alkyl halides is 1. The van der Waals surface area contributed by atoms with Crippen LogP contribution in [0.25, 0.3) is 0 Å². The zero-order valence-corrected chi connectivity index (χ0v) is 11.1. The van der Waals surface area contributed by atoms with Gasteiger partial charge >= 0.3 is 0 Å². The molecule has 0 aliphatic heterocycles. The van der Waals surface area contributed by atoms with Gasteiger partial charge in [0.05, 0.1) is 16.5 Å². The molecule has 0 saturated carbocycles. The Hall–Kier alpha value is -0.280. The minimum atomic E-state index is -3.86. The molecule has 1 aromatic carbocycles. The van der Waals surface area contributed by atoms with Gasteiger partial charge in [-0.2, -0.15) is 5.26 Å². The lowest BCUT2D eigenvalue weighted by Crippen LogP contribution is -1.96. The van der Waals surface area contributed by atoms with Gasteiger partial charge in [-0.05, 0) is 33.6 Å². The number of nitrogens with zero attached hydrogens (tertiary/aromatic N) is 1. The van der Waals surface area contributed by atoms with E-state index in [-0.39, 0.29) is 16.3 Å². The van der Waals surface area contributed by atoms with Crippen LogP contribution in [0.1, 0.15) is 11.1 Å². The van der Waals surface area contributed by atoms with Crippen molar-refractivity contribution in [3.63, 3.8) is 0 Å². The smallest absolute Gasteiger partial charge is 0.207 e. The van der Waals surface area contributed by atoms with Crippen LogP contribution in [0.3, 0.4) is 0 Å². The molecule has 0 spiro atoms. The van der Waals surface area contributed by atoms with Crippen LogP contribution in [0.5, 0.6) is 0 Å². The summed E-state index contributed by atoms with van der Waals surface area (Å²) in [5, 5.41) is 8.77. The highest BCUT2D eigenvalue weighted by Crippen LogP contribution is 2.29. The zero-order valence-electron chi connectivity index (χ0n) is 7.17. The average molecular weight is 329 g/mol.